The molecule has 138 valence electrons. The summed E-state index contributed by atoms with van der Waals surface area (Å²) in [5.74, 6) is -2.66. The molecule has 0 saturated carbocycles. The molecule has 0 aromatic heterocycles. The van der Waals surface area contributed by atoms with Gasteiger partial charge < -0.3 is 10.6 Å². The van der Waals surface area contributed by atoms with Crippen molar-refractivity contribution in [2.75, 3.05) is 5.32 Å². The van der Waals surface area contributed by atoms with Crippen LogP contribution in [0.5, 0.6) is 0 Å². The molecule has 0 fully saturated rings. The highest BCUT2D eigenvalue weighted by molar-refractivity contribution is 5.90. The van der Waals surface area contributed by atoms with Gasteiger partial charge in [0.05, 0.1) is 0 Å². The molecule has 2 aromatic rings. The summed E-state index contributed by atoms with van der Waals surface area (Å²) in [5.41, 5.74) is 1.64. The van der Waals surface area contributed by atoms with Crippen LogP contribution in [0.4, 0.5) is 23.2 Å². The van der Waals surface area contributed by atoms with Gasteiger partial charge in [0.25, 0.3) is 0 Å². The maximum absolute atomic E-state index is 12.8. The number of nitrogens with one attached hydrogen (secondary N) is 2. The number of hydrogen-bond donors (Lipinski definition) is 2. The Balaban J connectivity index is 1.86. The number of benzene rings is 2. The van der Waals surface area contributed by atoms with Crippen molar-refractivity contribution >= 4 is 17.5 Å². The summed E-state index contributed by atoms with van der Waals surface area (Å²) in [5, 5.41) is 4.40. The maximum atomic E-state index is 12.8. The molecule has 0 atom stereocenters. The topological polar surface area (TPSA) is 58.2 Å². The predicted octanol–water partition coefficient (Wildman–Crippen LogP) is 3.58. The molecule has 0 aliphatic rings. The van der Waals surface area contributed by atoms with Crippen LogP contribution in [0.3, 0.4) is 0 Å². The molecule has 0 saturated heterocycles. The van der Waals surface area contributed by atoms with E-state index in [1.54, 1.807) is 29.6 Å². The van der Waals surface area contributed by atoms with Gasteiger partial charge in [0.2, 0.25) is 5.91 Å². The molecule has 2 aromatic carbocycles. The summed E-state index contributed by atoms with van der Waals surface area (Å²) in [6.45, 7) is -0.308. The van der Waals surface area contributed by atoms with Crippen LogP contribution in [0.25, 0.3) is 0 Å². The second-order valence-electron chi connectivity index (χ2n) is 5.56. The molecular formula is C18H16F4N2O2. The van der Waals surface area contributed by atoms with E-state index >= 15 is 0 Å². The first-order chi connectivity index (χ1) is 12.2. The molecule has 26 heavy (non-hydrogen) atoms. The summed E-state index contributed by atoms with van der Waals surface area (Å²) in [6.07, 6.45) is -4.35. The number of halogens is 4. The number of hydrogen-bond acceptors (Lipinski definition) is 2. The molecule has 2 amide bonds. The Morgan fingerprint density at radius 3 is 2.31 bits per heavy atom. The van der Waals surface area contributed by atoms with Gasteiger partial charge in [-0.3, -0.25) is 9.59 Å². The number of amides is 2. The largest absolute Gasteiger partial charge is 0.471 e. The zero-order chi connectivity index (χ0) is 19.2. The molecule has 8 heteroatoms. The highest BCUT2D eigenvalue weighted by atomic mass is 19.4. The summed E-state index contributed by atoms with van der Waals surface area (Å²) >= 11 is 0. The van der Waals surface area contributed by atoms with Crippen LogP contribution >= 0.6 is 0 Å². The van der Waals surface area contributed by atoms with Crippen molar-refractivity contribution in [1.29, 1.82) is 0 Å². The molecule has 0 spiro atoms. The summed E-state index contributed by atoms with van der Waals surface area (Å²) in [7, 11) is 0. The molecule has 0 aliphatic heterocycles. The highest BCUT2D eigenvalue weighted by Crippen LogP contribution is 2.16. The quantitative estimate of drug-likeness (QED) is 0.766. The van der Waals surface area contributed by atoms with Crippen molar-refractivity contribution in [2.24, 2.45) is 0 Å². The Morgan fingerprint density at radius 1 is 0.962 bits per heavy atom. The lowest BCUT2D eigenvalue weighted by molar-refractivity contribution is -0.173. The summed E-state index contributed by atoms with van der Waals surface area (Å²) in [6, 6.07) is 12.0. The fourth-order valence-electron chi connectivity index (χ4n) is 2.17. The van der Waals surface area contributed by atoms with E-state index in [9.17, 15) is 27.2 Å². The second-order valence-corrected chi connectivity index (χ2v) is 5.56. The molecule has 0 bridgehead atoms. The standard InChI is InChI=1S/C18H16F4N2O2/c19-14-7-4-12(5-8-14)6-9-16(25)24-15-3-1-2-13(10-15)11-23-17(26)18(20,21)22/h1-5,7-8,10H,6,9,11H2,(H,23,26)(H,24,25). The fraction of sp³-hybridized carbons (Fsp3) is 0.222. The fourth-order valence-corrected chi connectivity index (χ4v) is 2.17. The smallest absolute Gasteiger partial charge is 0.344 e. The molecular weight excluding hydrogens is 352 g/mol. The van der Waals surface area contributed by atoms with E-state index in [-0.39, 0.29) is 24.7 Å². The van der Waals surface area contributed by atoms with Crippen molar-refractivity contribution in [3.8, 4) is 0 Å². The Kier molecular flexibility index (Phi) is 6.32. The number of carbonyl (C=O) groups excluding carboxylic acids is 2. The van der Waals surface area contributed by atoms with Crippen molar-refractivity contribution in [3.05, 3.63) is 65.5 Å². The molecule has 0 unspecified atom stereocenters. The Labute approximate surface area is 147 Å². The van der Waals surface area contributed by atoms with Gasteiger partial charge in [0.1, 0.15) is 5.82 Å². The van der Waals surface area contributed by atoms with Crippen LogP contribution in [-0.2, 0) is 22.6 Å². The molecule has 2 rings (SSSR count). The number of rotatable bonds is 6. The van der Waals surface area contributed by atoms with E-state index in [0.717, 1.165) is 5.56 Å². The van der Waals surface area contributed by atoms with Crippen molar-refractivity contribution in [1.82, 2.24) is 5.32 Å². The Morgan fingerprint density at radius 2 is 1.65 bits per heavy atom. The third kappa shape index (κ3) is 6.19. The van der Waals surface area contributed by atoms with Gasteiger partial charge >= 0.3 is 12.1 Å². The van der Waals surface area contributed by atoms with E-state index in [0.29, 0.717) is 17.7 Å². The lowest BCUT2D eigenvalue weighted by atomic mass is 10.1. The molecule has 2 N–H and O–H groups in total. The average Bonchev–Trinajstić information content (AvgIpc) is 2.58. The molecule has 4 nitrogen and oxygen atoms in total. The Hall–Kier alpha value is -2.90. The highest BCUT2D eigenvalue weighted by Gasteiger charge is 2.38. The van der Waals surface area contributed by atoms with E-state index < -0.39 is 12.1 Å². The van der Waals surface area contributed by atoms with Gasteiger partial charge in [-0.15, -0.1) is 0 Å². The third-order valence-corrected chi connectivity index (χ3v) is 3.48. The number of alkyl halides is 3. The van der Waals surface area contributed by atoms with E-state index in [2.05, 4.69) is 5.32 Å². The number of aryl methyl sites for hydroxylation is 1. The molecule has 0 heterocycles. The molecule has 0 radical (unpaired) electrons. The first-order valence-electron chi connectivity index (χ1n) is 7.72. The van der Waals surface area contributed by atoms with E-state index in [1.807, 2.05) is 0 Å². The third-order valence-electron chi connectivity index (χ3n) is 3.48. The van der Waals surface area contributed by atoms with Gasteiger partial charge in [-0.05, 0) is 41.8 Å². The predicted molar refractivity (Wildman–Crippen MR) is 87.7 cm³/mol. The first-order valence-corrected chi connectivity index (χ1v) is 7.72. The minimum absolute atomic E-state index is 0.167. The minimum atomic E-state index is -4.94. The van der Waals surface area contributed by atoms with E-state index in [1.165, 1.54) is 24.3 Å². The summed E-state index contributed by atoms with van der Waals surface area (Å²) in [4.78, 5) is 22.8. The second kappa shape index (κ2) is 8.46. The van der Waals surface area contributed by atoms with Crippen LogP contribution in [0.2, 0.25) is 0 Å². The van der Waals surface area contributed by atoms with E-state index in [4.69, 9.17) is 0 Å². The van der Waals surface area contributed by atoms with Crippen LogP contribution in [0.15, 0.2) is 48.5 Å². The van der Waals surface area contributed by atoms with Crippen molar-refractivity contribution in [2.45, 2.75) is 25.6 Å². The van der Waals surface area contributed by atoms with Gasteiger partial charge in [-0.25, -0.2) is 4.39 Å². The van der Waals surface area contributed by atoms with Crippen molar-refractivity contribution < 1.29 is 27.2 Å². The van der Waals surface area contributed by atoms with Gasteiger partial charge in [-0.2, -0.15) is 13.2 Å². The summed E-state index contributed by atoms with van der Waals surface area (Å²) < 4.78 is 49.3. The minimum Gasteiger partial charge on any atom is -0.344 e. The maximum Gasteiger partial charge on any atom is 0.471 e. The van der Waals surface area contributed by atoms with Crippen LogP contribution in [-0.4, -0.2) is 18.0 Å². The van der Waals surface area contributed by atoms with Crippen molar-refractivity contribution in [3.63, 3.8) is 0 Å². The average molecular weight is 368 g/mol. The zero-order valence-corrected chi connectivity index (χ0v) is 13.6. The van der Waals surface area contributed by atoms with Gasteiger partial charge in [0, 0.05) is 18.7 Å². The first kappa shape index (κ1) is 19.4. The monoisotopic (exact) mass is 368 g/mol. The van der Waals surface area contributed by atoms with Crippen LogP contribution in [0, 0.1) is 5.82 Å². The lowest BCUT2D eigenvalue weighted by Gasteiger charge is -2.10. The normalized spacial score (nSPS) is 11.1. The molecule has 0 aliphatic carbocycles. The Bertz CT molecular complexity index is 774. The SMILES string of the molecule is O=C(CCc1ccc(F)cc1)Nc1cccc(CNC(=O)C(F)(F)F)c1. The number of anilines is 1. The van der Waals surface area contributed by atoms with Gasteiger partial charge in [0.15, 0.2) is 0 Å². The zero-order valence-electron chi connectivity index (χ0n) is 13.6. The lowest BCUT2D eigenvalue weighted by Crippen LogP contribution is -2.36. The van der Waals surface area contributed by atoms with Crippen LogP contribution < -0.4 is 10.6 Å². The number of carbonyl (C=O) groups is 2. The van der Waals surface area contributed by atoms with Crippen LogP contribution in [0.1, 0.15) is 17.5 Å². The van der Waals surface area contributed by atoms with Gasteiger partial charge in [-0.1, -0.05) is 24.3 Å².